The second-order valence-electron chi connectivity index (χ2n) is 4.48. The summed E-state index contributed by atoms with van der Waals surface area (Å²) in [6.45, 7) is 0.813. The number of aliphatic carboxylic acids is 1. The molecular weight excluding hydrogens is 302 g/mol. The highest BCUT2D eigenvalue weighted by Crippen LogP contribution is 2.16. The van der Waals surface area contributed by atoms with E-state index in [1.807, 2.05) is 18.2 Å². The van der Waals surface area contributed by atoms with Crippen molar-refractivity contribution >= 4 is 35.2 Å². The van der Waals surface area contributed by atoms with Gasteiger partial charge >= 0.3 is 5.97 Å². The monoisotopic (exact) mass is 317 g/mol. The molecule has 1 unspecified atom stereocenters. The van der Waals surface area contributed by atoms with Crippen LogP contribution in [0.5, 0.6) is 0 Å². The molecule has 0 radical (unpaired) electrons. The zero-order valence-electron chi connectivity index (χ0n) is 10.9. The van der Waals surface area contributed by atoms with Crippen LogP contribution < -0.4 is 5.32 Å². The van der Waals surface area contributed by atoms with Gasteiger partial charge in [-0.05, 0) is 24.6 Å². The van der Waals surface area contributed by atoms with Crippen LogP contribution in [0.25, 0.3) is 0 Å². The Morgan fingerprint density at radius 1 is 1.45 bits per heavy atom. The first kappa shape index (κ1) is 16.8. The second-order valence-corrected chi connectivity index (χ2v) is 5.90. The molecule has 3 N–H and O–H groups in total. The van der Waals surface area contributed by atoms with E-state index < -0.39 is 11.6 Å². The molecular formula is C13H16ClNO4S. The van der Waals surface area contributed by atoms with Gasteiger partial charge in [0.2, 0.25) is 5.91 Å². The lowest BCUT2D eigenvalue weighted by Crippen LogP contribution is -2.46. The summed E-state index contributed by atoms with van der Waals surface area (Å²) in [5, 5.41) is 21.2. The lowest BCUT2D eigenvalue weighted by atomic mass is 10.1. The van der Waals surface area contributed by atoms with Gasteiger partial charge in [0.25, 0.3) is 0 Å². The summed E-state index contributed by atoms with van der Waals surface area (Å²) in [5.41, 5.74) is -0.944. The van der Waals surface area contributed by atoms with Crippen LogP contribution >= 0.6 is 23.4 Å². The highest BCUT2D eigenvalue weighted by atomic mass is 35.5. The molecule has 1 aromatic rings. The Morgan fingerprint density at radius 3 is 2.75 bits per heavy atom. The van der Waals surface area contributed by atoms with E-state index in [1.54, 1.807) is 6.07 Å². The predicted molar refractivity (Wildman–Crippen MR) is 78.9 cm³/mol. The lowest BCUT2D eigenvalue weighted by molar-refractivity contribution is -0.156. The summed E-state index contributed by atoms with van der Waals surface area (Å²) in [6.07, 6.45) is 0. The van der Waals surface area contributed by atoms with Crippen molar-refractivity contribution in [2.24, 2.45) is 0 Å². The first-order chi connectivity index (χ1) is 9.31. The zero-order valence-corrected chi connectivity index (χ0v) is 12.5. The maximum atomic E-state index is 11.5. The van der Waals surface area contributed by atoms with Gasteiger partial charge in [0, 0.05) is 10.8 Å². The molecule has 0 bridgehead atoms. The van der Waals surface area contributed by atoms with Crippen LogP contribution in [-0.2, 0) is 15.3 Å². The molecule has 20 heavy (non-hydrogen) atoms. The van der Waals surface area contributed by atoms with Crippen molar-refractivity contribution < 1.29 is 19.8 Å². The number of carboxylic acids is 1. The van der Waals surface area contributed by atoms with E-state index in [0.29, 0.717) is 10.8 Å². The van der Waals surface area contributed by atoms with Crippen LogP contribution in [0.1, 0.15) is 12.5 Å². The average molecular weight is 318 g/mol. The number of thioether (sulfide) groups is 1. The fourth-order valence-corrected chi connectivity index (χ4v) is 2.30. The first-order valence-electron chi connectivity index (χ1n) is 5.86. The average Bonchev–Trinajstić information content (AvgIpc) is 2.36. The Bertz CT molecular complexity index is 493. The third kappa shape index (κ3) is 5.81. The molecule has 0 spiro atoms. The maximum absolute atomic E-state index is 11.5. The van der Waals surface area contributed by atoms with E-state index in [4.69, 9.17) is 16.7 Å². The smallest absolute Gasteiger partial charge is 0.337 e. The van der Waals surface area contributed by atoms with E-state index in [2.05, 4.69) is 5.32 Å². The molecule has 1 aromatic carbocycles. The van der Waals surface area contributed by atoms with Gasteiger partial charge in [-0.2, -0.15) is 0 Å². The Morgan fingerprint density at radius 2 is 2.15 bits per heavy atom. The van der Waals surface area contributed by atoms with E-state index >= 15 is 0 Å². The minimum absolute atomic E-state index is 0.183. The molecule has 0 heterocycles. The molecule has 0 saturated carbocycles. The summed E-state index contributed by atoms with van der Waals surface area (Å²) in [5.74, 6) is -0.881. The maximum Gasteiger partial charge on any atom is 0.337 e. The van der Waals surface area contributed by atoms with Gasteiger partial charge in [-0.1, -0.05) is 23.7 Å². The minimum atomic E-state index is -1.95. The van der Waals surface area contributed by atoms with E-state index in [0.717, 1.165) is 12.5 Å². The summed E-state index contributed by atoms with van der Waals surface area (Å²) in [7, 11) is 0. The van der Waals surface area contributed by atoms with Crippen molar-refractivity contribution in [2.45, 2.75) is 18.3 Å². The molecule has 110 valence electrons. The molecule has 0 fully saturated rings. The molecule has 0 saturated heterocycles. The van der Waals surface area contributed by atoms with E-state index in [-0.39, 0.29) is 18.2 Å². The van der Waals surface area contributed by atoms with Gasteiger partial charge in [-0.15, -0.1) is 11.8 Å². The van der Waals surface area contributed by atoms with Crippen LogP contribution in [0, 0.1) is 0 Å². The van der Waals surface area contributed by atoms with Gasteiger partial charge in [0.15, 0.2) is 5.60 Å². The first-order valence-corrected chi connectivity index (χ1v) is 7.39. The lowest BCUT2D eigenvalue weighted by Gasteiger charge is -2.18. The molecule has 0 aromatic heterocycles. The number of benzene rings is 1. The summed E-state index contributed by atoms with van der Waals surface area (Å²) < 4.78 is 0. The largest absolute Gasteiger partial charge is 0.479 e. The number of rotatable bonds is 7. The topological polar surface area (TPSA) is 86.6 Å². The highest BCUT2D eigenvalue weighted by Gasteiger charge is 2.30. The third-order valence-corrected chi connectivity index (χ3v) is 3.72. The van der Waals surface area contributed by atoms with Gasteiger partial charge in [0.1, 0.15) is 0 Å². The van der Waals surface area contributed by atoms with Crippen molar-refractivity contribution in [3.63, 3.8) is 0 Å². The highest BCUT2D eigenvalue weighted by molar-refractivity contribution is 7.99. The van der Waals surface area contributed by atoms with Gasteiger partial charge in [-0.3, -0.25) is 4.79 Å². The van der Waals surface area contributed by atoms with Crippen molar-refractivity contribution in [1.29, 1.82) is 0 Å². The van der Waals surface area contributed by atoms with Crippen LogP contribution in [0.4, 0.5) is 0 Å². The number of carbonyl (C=O) groups is 2. The molecule has 1 atom stereocenters. The predicted octanol–water partition coefficient (Wildman–Crippen LogP) is 1.52. The number of nitrogens with one attached hydrogen (secondary N) is 1. The number of hydrogen-bond acceptors (Lipinski definition) is 4. The van der Waals surface area contributed by atoms with Crippen molar-refractivity contribution in [3.05, 3.63) is 34.9 Å². The summed E-state index contributed by atoms with van der Waals surface area (Å²) >= 11 is 7.23. The third-order valence-electron chi connectivity index (χ3n) is 2.48. The molecule has 7 heteroatoms. The second kappa shape index (κ2) is 7.52. The van der Waals surface area contributed by atoms with Crippen LogP contribution in [-0.4, -0.2) is 40.0 Å². The number of carboxylic acid groups (broad SMARTS) is 1. The van der Waals surface area contributed by atoms with Crippen LogP contribution in [0.15, 0.2) is 24.3 Å². The minimum Gasteiger partial charge on any atom is -0.479 e. The van der Waals surface area contributed by atoms with Gasteiger partial charge < -0.3 is 15.5 Å². The Balaban J connectivity index is 2.29. The van der Waals surface area contributed by atoms with Crippen molar-refractivity contribution in [3.8, 4) is 0 Å². The number of aliphatic hydroxyl groups is 1. The zero-order chi connectivity index (χ0) is 15.2. The number of halogens is 1. The summed E-state index contributed by atoms with van der Waals surface area (Å²) in [6, 6.07) is 7.34. The number of carbonyl (C=O) groups excluding carboxylic acids is 1. The fraction of sp³-hybridized carbons (Fsp3) is 0.385. The molecule has 1 amide bonds. The molecule has 0 aliphatic rings. The van der Waals surface area contributed by atoms with E-state index in [9.17, 15) is 14.7 Å². The quantitative estimate of drug-likeness (QED) is 0.710. The standard InChI is InChI=1S/C13H16ClNO4S/c1-13(19,12(17)18)8-15-11(16)7-20-6-9-3-2-4-10(14)5-9/h2-5,19H,6-8H2,1H3,(H,15,16)(H,17,18). The Labute approximate surface area is 126 Å². The SMILES string of the molecule is CC(O)(CNC(=O)CSCc1cccc(Cl)c1)C(=O)O. The summed E-state index contributed by atoms with van der Waals surface area (Å²) in [4.78, 5) is 22.2. The normalized spacial score (nSPS) is 13.6. The fourth-order valence-electron chi connectivity index (χ4n) is 1.29. The Hall–Kier alpha value is -1.24. The molecule has 0 aliphatic heterocycles. The van der Waals surface area contributed by atoms with E-state index in [1.165, 1.54) is 11.8 Å². The van der Waals surface area contributed by atoms with Crippen molar-refractivity contribution in [2.75, 3.05) is 12.3 Å². The molecule has 5 nitrogen and oxygen atoms in total. The van der Waals surface area contributed by atoms with Crippen LogP contribution in [0.2, 0.25) is 5.02 Å². The number of amides is 1. The molecule has 0 aliphatic carbocycles. The Kier molecular flexibility index (Phi) is 6.32. The van der Waals surface area contributed by atoms with Gasteiger partial charge in [0.05, 0.1) is 12.3 Å². The van der Waals surface area contributed by atoms with Crippen molar-refractivity contribution in [1.82, 2.24) is 5.32 Å². The van der Waals surface area contributed by atoms with Gasteiger partial charge in [-0.25, -0.2) is 4.79 Å². The molecule has 1 rings (SSSR count). The van der Waals surface area contributed by atoms with Crippen LogP contribution in [0.3, 0.4) is 0 Å². The number of hydrogen-bond donors (Lipinski definition) is 3.